The van der Waals surface area contributed by atoms with Crippen LogP contribution in [0.2, 0.25) is 0 Å². The van der Waals surface area contributed by atoms with Crippen molar-refractivity contribution in [2.24, 2.45) is 11.1 Å². The second-order valence-corrected chi connectivity index (χ2v) is 6.13. The quantitative estimate of drug-likeness (QED) is 0.805. The predicted octanol–water partition coefficient (Wildman–Crippen LogP) is 2.28. The molecule has 1 saturated heterocycles. The lowest BCUT2D eigenvalue weighted by atomic mass is 9.81. The first-order valence-corrected chi connectivity index (χ1v) is 8.55. The number of hydrogen-bond donors (Lipinski definition) is 2. The Balaban J connectivity index is 0.00000312. The van der Waals surface area contributed by atoms with Gasteiger partial charge in [-0.25, -0.2) is 0 Å². The van der Waals surface area contributed by atoms with Crippen molar-refractivity contribution in [3.8, 4) is 0 Å². The fraction of sp³-hybridized carbons (Fsp3) is 0.556. The predicted molar refractivity (Wildman–Crippen MR) is 101 cm³/mol. The van der Waals surface area contributed by atoms with Crippen LogP contribution in [-0.2, 0) is 9.53 Å². The van der Waals surface area contributed by atoms with Gasteiger partial charge in [-0.1, -0.05) is 13.8 Å². The molecular formula is C18H28ClN3O3. The van der Waals surface area contributed by atoms with E-state index >= 15 is 0 Å². The van der Waals surface area contributed by atoms with Crippen molar-refractivity contribution < 1.29 is 14.3 Å². The smallest absolute Gasteiger partial charge is 0.254 e. The maximum absolute atomic E-state index is 12.5. The second kappa shape index (κ2) is 9.75. The molecule has 6 nitrogen and oxygen atoms in total. The molecule has 2 amide bonds. The molecular weight excluding hydrogens is 342 g/mol. The molecule has 1 aromatic carbocycles. The molecule has 0 saturated carbocycles. The van der Waals surface area contributed by atoms with E-state index in [-0.39, 0.29) is 24.2 Å². The van der Waals surface area contributed by atoms with Crippen molar-refractivity contribution in [1.82, 2.24) is 4.90 Å². The fourth-order valence-corrected chi connectivity index (χ4v) is 2.86. The van der Waals surface area contributed by atoms with Gasteiger partial charge in [-0.05, 0) is 37.1 Å². The molecule has 2 rings (SSSR count). The van der Waals surface area contributed by atoms with E-state index < -0.39 is 5.41 Å². The zero-order valence-corrected chi connectivity index (χ0v) is 15.7. The number of amides is 2. The van der Waals surface area contributed by atoms with Crippen LogP contribution in [0.4, 0.5) is 5.69 Å². The molecule has 1 aliphatic rings. The molecule has 0 spiro atoms. The minimum absolute atomic E-state index is 0. The topological polar surface area (TPSA) is 84.7 Å². The van der Waals surface area contributed by atoms with E-state index in [1.165, 1.54) is 0 Å². The van der Waals surface area contributed by atoms with Gasteiger partial charge in [0.25, 0.3) is 5.91 Å². The number of ether oxygens (including phenoxy) is 1. The molecule has 0 unspecified atom stereocenters. The van der Waals surface area contributed by atoms with E-state index in [2.05, 4.69) is 5.32 Å². The van der Waals surface area contributed by atoms with Gasteiger partial charge in [-0.15, -0.1) is 12.4 Å². The van der Waals surface area contributed by atoms with Crippen molar-refractivity contribution in [3.63, 3.8) is 0 Å². The first-order chi connectivity index (χ1) is 11.6. The molecule has 0 radical (unpaired) electrons. The molecule has 0 bridgehead atoms. The van der Waals surface area contributed by atoms with Gasteiger partial charge in [0.1, 0.15) is 0 Å². The van der Waals surface area contributed by atoms with Gasteiger partial charge < -0.3 is 20.7 Å². The third kappa shape index (κ3) is 4.93. The average molecular weight is 370 g/mol. The summed E-state index contributed by atoms with van der Waals surface area (Å²) >= 11 is 0. The normalized spacial score (nSPS) is 14.6. The number of carbonyl (C=O) groups excluding carboxylic acids is 2. The molecule has 1 heterocycles. The number of hydrogen-bond acceptors (Lipinski definition) is 4. The lowest BCUT2D eigenvalue weighted by Crippen LogP contribution is -2.41. The van der Waals surface area contributed by atoms with Gasteiger partial charge in [0.15, 0.2) is 0 Å². The highest BCUT2D eigenvalue weighted by Gasteiger charge is 2.33. The summed E-state index contributed by atoms with van der Waals surface area (Å²) in [4.78, 5) is 26.7. The summed E-state index contributed by atoms with van der Waals surface area (Å²) < 4.78 is 5.26. The summed E-state index contributed by atoms with van der Waals surface area (Å²) in [7, 11) is 0. The van der Waals surface area contributed by atoms with Crippen molar-refractivity contribution in [3.05, 3.63) is 29.8 Å². The maximum Gasteiger partial charge on any atom is 0.254 e. The van der Waals surface area contributed by atoms with Gasteiger partial charge in [0, 0.05) is 30.9 Å². The molecule has 0 aromatic heterocycles. The van der Waals surface area contributed by atoms with Crippen molar-refractivity contribution in [2.75, 3.05) is 38.2 Å². The van der Waals surface area contributed by atoms with Crippen LogP contribution in [0.25, 0.3) is 0 Å². The molecule has 1 aromatic rings. The number of halogens is 1. The number of benzene rings is 1. The number of carbonyl (C=O) groups is 2. The average Bonchev–Trinajstić information content (AvgIpc) is 2.64. The third-order valence-electron chi connectivity index (χ3n) is 4.91. The number of nitrogens with two attached hydrogens (primary N) is 1. The Morgan fingerprint density at radius 3 is 2.20 bits per heavy atom. The second-order valence-electron chi connectivity index (χ2n) is 6.13. The molecule has 25 heavy (non-hydrogen) atoms. The maximum atomic E-state index is 12.5. The lowest BCUT2D eigenvalue weighted by molar-refractivity contribution is -0.125. The number of morpholine rings is 1. The van der Waals surface area contributed by atoms with Crippen LogP contribution in [0.1, 0.15) is 37.0 Å². The standard InChI is InChI=1S/C18H27N3O3.ClH/c1-3-18(4-2,13-19)17(23)20-15-7-5-14(6-8-15)16(22)21-9-11-24-12-10-21;/h5-8H,3-4,9-13,19H2,1-2H3,(H,20,23);1H. The lowest BCUT2D eigenvalue weighted by Gasteiger charge is -2.28. The van der Waals surface area contributed by atoms with E-state index in [0.29, 0.717) is 56.9 Å². The van der Waals surface area contributed by atoms with Gasteiger partial charge in [-0.2, -0.15) is 0 Å². The molecule has 1 fully saturated rings. The number of anilines is 1. The Morgan fingerprint density at radius 1 is 1.16 bits per heavy atom. The zero-order chi connectivity index (χ0) is 17.6. The van der Waals surface area contributed by atoms with Gasteiger partial charge >= 0.3 is 0 Å². The van der Waals surface area contributed by atoms with Crippen molar-refractivity contribution in [2.45, 2.75) is 26.7 Å². The summed E-state index contributed by atoms with van der Waals surface area (Å²) in [6.07, 6.45) is 1.39. The minimum atomic E-state index is -0.539. The Labute approximate surface area is 155 Å². The van der Waals surface area contributed by atoms with Crippen LogP contribution in [0, 0.1) is 5.41 Å². The molecule has 0 atom stereocenters. The number of rotatable bonds is 6. The van der Waals surface area contributed by atoms with E-state index in [1.807, 2.05) is 13.8 Å². The highest BCUT2D eigenvalue weighted by atomic mass is 35.5. The van der Waals surface area contributed by atoms with Crippen LogP contribution in [0.3, 0.4) is 0 Å². The summed E-state index contributed by atoms with van der Waals surface area (Å²) in [5.41, 5.74) is 6.56. The van der Waals surface area contributed by atoms with Crippen LogP contribution < -0.4 is 11.1 Å². The largest absolute Gasteiger partial charge is 0.378 e. The number of nitrogens with zero attached hydrogens (tertiary/aromatic N) is 1. The molecule has 0 aliphatic carbocycles. The summed E-state index contributed by atoms with van der Waals surface area (Å²) in [5, 5.41) is 2.92. The van der Waals surface area contributed by atoms with E-state index in [4.69, 9.17) is 10.5 Å². The number of nitrogens with one attached hydrogen (secondary N) is 1. The summed E-state index contributed by atoms with van der Waals surface area (Å²) in [6.45, 7) is 6.65. The minimum Gasteiger partial charge on any atom is -0.378 e. The first-order valence-electron chi connectivity index (χ1n) is 8.55. The molecule has 140 valence electrons. The summed E-state index contributed by atoms with van der Waals surface area (Å²) in [5.74, 6) is -0.0724. The van der Waals surface area contributed by atoms with E-state index in [9.17, 15) is 9.59 Å². The Bertz CT molecular complexity index is 559. The third-order valence-corrected chi connectivity index (χ3v) is 4.91. The van der Waals surface area contributed by atoms with Gasteiger partial charge in [0.05, 0.1) is 18.6 Å². The van der Waals surface area contributed by atoms with Crippen LogP contribution in [-0.4, -0.2) is 49.6 Å². The van der Waals surface area contributed by atoms with E-state index in [1.54, 1.807) is 29.2 Å². The molecule has 7 heteroatoms. The van der Waals surface area contributed by atoms with Gasteiger partial charge in [0.2, 0.25) is 5.91 Å². The van der Waals surface area contributed by atoms with Gasteiger partial charge in [-0.3, -0.25) is 9.59 Å². The van der Waals surface area contributed by atoms with E-state index in [0.717, 1.165) is 0 Å². The highest BCUT2D eigenvalue weighted by Crippen LogP contribution is 2.27. The molecule has 1 aliphatic heterocycles. The Hall–Kier alpha value is -1.63. The van der Waals surface area contributed by atoms with Crippen molar-refractivity contribution in [1.29, 1.82) is 0 Å². The van der Waals surface area contributed by atoms with Crippen LogP contribution >= 0.6 is 12.4 Å². The highest BCUT2D eigenvalue weighted by molar-refractivity contribution is 5.97. The van der Waals surface area contributed by atoms with Crippen molar-refractivity contribution >= 4 is 29.9 Å². The van der Waals surface area contributed by atoms with Crippen LogP contribution in [0.5, 0.6) is 0 Å². The Morgan fingerprint density at radius 2 is 1.72 bits per heavy atom. The zero-order valence-electron chi connectivity index (χ0n) is 14.9. The molecule has 3 N–H and O–H groups in total. The fourth-order valence-electron chi connectivity index (χ4n) is 2.86. The first kappa shape index (κ1) is 21.4. The SMILES string of the molecule is CCC(CC)(CN)C(=O)Nc1ccc(C(=O)N2CCOCC2)cc1.Cl. The monoisotopic (exact) mass is 369 g/mol. The van der Waals surface area contributed by atoms with Crippen LogP contribution in [0.15, 0.2) is 24.3 Å². The Kier molecular flexibility index (Phi) is 8.35. The summed E-state index contributed by atoms with van der Waals surface area (Å²) in [6, 6.07) is 7.02.